The summed E-state index contributed by atoms with van der Waals surface area (Å²) in [4.78, 5) is 12.0. The summed E-state index contributed by atoms with van der Waals surface area (Å²) in [7, 11) is 0. The van der Waals surface area contributed by atoms with Gasteiger partial charge >= 0.3 is 6.09 Å². The molecule has 0 saturated heterocycles. The minimum Gasteiger partial charge on any atom is -0.468 e. The number of carbonyl (C=O) groups excluding carboxylic acids is 1. The first-order valence-electron chi connectivity index (χ1n) is 8.20. The predicted molar refractivity (Wildman–Crippen MR) is 87.2 cm³/mol. The van der Waals surface area contributed by atoms with Crippen molar-refractivity contribution in [2.75, 3.05) is 6.61 Å². The minimum atomic E-state index is -0.502. The van der Waals surface area contributed by atoms with Crippen molar-refractivity contribution < 1.29 is 18.7 Å². The van der Waals surface area contributed by atoms with E-state index in [1.165, 1.54) is 0 Å². The zero-order chi connectivity index (χ0) is 17.0. The van der Waals surface area contributed by atoms with E-state index in [-0.39, 0.29) is 24.2 Å². The third-order valence-corrected chi connectivity index (χ3v) is 3.82. The number of ether oxygens (including phenoxy) is 2. The Balaban J connectivity index is 1.93. The smallest absolute Gasteiger partial charge is 0.407 e. The van der Waals surface area contributed by atoms with Crippen molar-refractivity contribution in [3.63, 3.8) is 0 Å². The number of rotatable bonds is 6. The monoisotopic (exact) mass is 324 g/mol. The van der Waals surface area contributed by atoms with Crippen molar-refractivity contribution in [3.8, 4) is 0 Å². The van der Waals surface area contributed by atoms with Crippen LogP contribution < -0.4 is 10.6 Å². The highest BCUT2D eigenvalue weighted by atomic mass is 16.6. The Bertz CT molecular complexity index is 495. The quantitative estimate of drug-likeness (QED) is 0.841. The third-order valence-electron chi connectivity index (χ3n) is 3.82. The summed E-state index contributed by atoms with van der Waals surface area (Å²) in [6, 6.07) is 3.86. The van der Waals surface area contributed by atoms with Crippen LogP contribution >= 0.6 is 0 Å². The van der Waals surface area contributed by atoms with Crippen molar-refractivity contribution >= 4 is 6.09 Å². The molecule has 1 aliphatic carbocycles. The Morgan fingerprint density at radius 3 is 2.78 bits per heavy atom. The number of hydrogen-bond acceptors (Lipinski definition) is 5. The molecular weight excluding hydrogens is 296 g/mol. The maximum atomic E-state index is 12.0. The highest BCUT2D eigenvalue weighted by Crippen LogP contribution is 2.28. The molecule has 23 heavy (non-hydrogen) atoms. The lowest BCUT2D eigenvalue weighted by molar-refractivity contribution is -0.0468. The van der Waals surface area contributed by atoms with Gasteiger partial charge in [-0.2, -0.15) is 0 Å². The molecule has 0 aromatic carbocycles. The van der Waals surface area contributed by atoms with E-state index in [2.05, 4.69) is 10.6 Å². The SMILES string of the molecule is CCOC1CC(NC(=O)OC(C)(C)C)C1NC(C)c1ccco1. The second-order valence-electron chi connectivity index (χ2n) is 6.91. The molecule has 130 valence electrons. The number of hydrogen-bond donors (Lipinski definition) is 2. The third kappa shape index (κ3) is 4.97. The molecule has 0 spiro atoms. The van der Waals surface area contributed by atoms with Crippen LogP contribution in [0.4, 0.5) is 4.79 Å². The molecule has 1 amide bonds. The highest BCUT2D eigenvalue weighted by molar-refractivity contribution is 5.68. The summed E-state index contributed by atoms with van der Waals surface area (Å²) >= 11 is 0. The van der Waals surface area contributed by atoms with Crippen LogP contribution in [0, 0.1) is 0 Å². The summed E-state index contributed by atoms with van der Waals surface area (Å²) in [5.41, 5.74) is -0.502. The molecule has 0 aliphatic heterocycles. The lowest BCUT2D eigenvalue weighted by Crippen LogP contribution is -2.66. The summed E-state index contributed by atoms with van der Waals surface area (Å²) in [6.07, 6.45) is 2.12. The molecule has 6 heteroatoms. The molecule has 1 fully saturated rings. The summed E-state index contributed by atoms with van der Waals surface area (Å²) in [5.74, 6) is 0.864. The van der Waals surface area contributed by atoms with E-state index >= 15 is 0 Å². The second kappa shape index (κ2) is 7.36. The first-order valence-corrected chi connectivity index (χ1v) is 8.20. The Hall–Kier alpha value is -1.53. The average Bonchev–Trinajstić information content (AvgIpc) is 2.95. The maximum absolute atomic E-state index is 12.0. The van der Waals surface area contributed by atoms with Crippen molar-refractivity contribution in [1.29, 1.82) is 0 Å². The van der Waals surface area contributed by atoms with Crippen molar-refractivity contribution in [2.45, 2.75) is 70.9 Å². The standard InChI is InChI=1S/C17H28N2O4/c1-6-21-14-10-12(19-16(20)23-17(3,4)5)15(14)18-11(2)13-8-7-9-22-13/h7-9,11-12,14-15,18H,6,10H2,1-5H3,(H,19,20). The van der Waals surface area contributed by atoms with Crippen LogP contribution in [0.2, 0.25) is 0 Å². The second-order valence-corrected chi connectivity index (χ2v) is 6.91. The lowest BCUT2D eigenvalue weighted by Gasteiger charge is -2.45. The van der Waals surface area contributed by atoms with Crippen LogP contribution in [-0.4, -0.2) is 36.5 Å². The van der Waals surface area contributed by atoms with Crippen LogP contribution in [0.1, 0.15) is 52.8 Å². The van der Waals surface area contributed by atoms with E-state index in [1.54, 1.807) is 6.26 Å². The average molecular weight is 324 g/mol. The van der Waals surface area contributed by atoms with Gasteiger partial charge < -0.3 is 24.5 Å². The van der Waals surface area contributed by atoms with E-state index in [1.807, 2.05) is 46.8 Å². The first-order chi connectivity index (χ1) is 10.8. The molecule has 2 rings (SSSR count). The molecule has 2 N–H and O–H groups in total. The molecule has 0 radical (unpaired) electrons. The van der Waals surface area contributed by atoms with Gasteiger partial charge in [-0.15, -0.1) is 0 Å². The minimum absolute atomic E-state index is 0.0150. The van der Waals surface area contributed by atoms with E-state index in [4.69, 9.17) is 13.9 Å². The van der Waals surface area contributed by atoms with Crippen molar-refractivity contribution in [1.82, 2.24) is 10.6 Å². The normalized spacial score (nSPS) is 25.5. The van der Waals surface area contributed by atoms with Gasteiger partial charge in [0.15, 0.2) is 0 Å². The molecular formula is C17H28N2O4. The summed E-state index contributed by atoms with van der Waals surface area (Å²) in [6.45, 7) is 10.2. The fourth-order valence-electron chi connectivity index (χ4n) is 2.73. The van der Waals surface area contributed by atoms with Crippen LogP contribution in [0.15, 0.2) is 22.8 Å². The van der Waals surface area contributed by atoms with Crippen LogP contribution in [0.5, 0.6) is 0 Å². The van der Waals surface area contributed by atoms with Crippen molar-refractivity contribution in [3.05, 3.63) is 24.2 Å². The predicted octanol–water partition coefficient (Wildman–Crippen LogP) is 3.00. The number of furan rings is 1. The fourth-order valence-corrected chi connectivity index (χ4v) is 2.73. The fraction of sp³-hybridized carbons (Fsp3) is 0.706. The topological polar surface area (TPSA) is 72.7 Å². The zero-order valence-electron chi connectivity index (χ0n) is 14.6. The summed E-state index contributed by atoms with van der Waals surface area (Å²) in [5, 5.41) is 6.41. The van der Waals surface area contributed by atoms with Gasteiger partial charge in [-0.25, -0.2) is 4.79 Å². The molecule has 1 aromatic heterocycles. The molecule has 0 bridgehead atoms. The summed E-state index contributed by atoms with van der Waals surface area (Å²) < 4.78 is 16.5. The van der Waals surface area contributed by atoms with Gasteiger partial charge in [-0.05, 0) is 53.2 Å². The number of nitrogens with one attached hydrogen (secondary N) is 2. The largest absolute Gasteiger partial charge is 0.468 e. The van der Waals surface area contributed by atoms with Gasteiger partial charge in [0.1, 0.15) is 11.4 Å². The van der Waals surface area contributed by atoms with Crippen LogP contribution in [-0.2, 0) is 9.47 Å². The molecule has 1 aliphatic rings. The first kappa shape index (κ1) is 17.8. The Kier molecular flexibility index (Phi) is 5.70. The highest BCUT2D eigenvalue weighted by Gasteiger charge is 2.44. The molecule has 1 aromatic rings. The van der Waals surface area contributed by atoms with Crippen LogP contribution in [0.3, 0.4) is 0 Å². The molecule has 1 saturated carbocycles. The maximum Gasteiger partial charge on any atom is 0.407 e. The molecule has 1 heterocycles. The van der Waals surface area contributed by atoms with Gasteiger partial charge in [-0.3, -0.25) is 0 Å². The van der Waals surface area contributed by atoms with E-state index < -0.39 is 11.7 Å². The zero-order valence-corrected chi connectivity index (χ0v) is 14.6. The number of alkyl carbamates (subject to hydrolysis) is 1. The van der Waals surface area contributed by atoms with Gasteiger partial charge in [0.25, 0.3) is 0 Å². The molecule has 4 atom stereocenters. The lowest BCUT2D eigenvalue weighted by atomic mass is 9.82. The number of amides is 1. The van der Waals surface area contributed by atoms with Crippen LogP contribution in [0.25, 0.3) is 0 Å². The van der Waals surface area contributed by atoms with Gasteiger partial charge in [-0.1, -0.05) is 0 Å². The van der Waals surface area contributed by atoms with E-state index in [0.717, 1.165) is 12.2 Å². The Labute approximate surface area is 137 Å². The Morgan fingerprint density at radius 2 is 2.22 bits per heavy atom. The molecule has 6 nitrogen and oxygen atoms in total. The van der Waals surface area contributed by atoms with E-state index in [9.17, 15) is 4.79 Å². The van der Waals surface area contributed by atoms with Crippen molar-refractivity contribution in [2.24, 2.45) is 0 Å². The van der Waals surface area contributed by atoms with E-state index in [0.29, 0.717) is 6.61 Å². The van der Waals surface area contributed by atoms with Gasteiger partial charge in [0.05, 0.1) is 30.5 Å². The molecule has 4 unspecified atom stereocenters. The van der Waals surface area contributed by atoms with Gasteiger partial charge in [0, 0.05) is 6.61 Å². The van der Waals surface area contributed by atoms with Gasteiger partial charge in [0.2, 0.25) is 0 Å². The Morgan fingerprint density at radius 1 is 1.48 bits per heavy atom. The number of carbonyl (C=O) groups is 1.